The van der Waals surface area contributed by atoms with E-state index < -0.39 is 0 Å². The summed E-state index contributed by atoms with van der Waals surface area (Å²) in [5.74, 6) is 0. The average molecular weight is 171 g/mol. The summed E-state index contributed by atoms with van der Waals surface area (Å²) in [6.45, 7) is 10.8. The van der Waals surface area contributed by atoms with Gasteiger partial charge >= 0.3 is 0 Å². The molecule has 1 aliphatic heterocycles. The summed E-state index contributed by atoms with van der Waals surface area (Å²) >= 11 is 0. The first-order valence-electron chi connectivity index (χ1n) is 4.98. The van der Waals surface area contributed by atoms with Crippen molar-refractivity contribution in [3.05, 3.63) is 0 Å². The zero-order valence-corrected chi connectivity index (χ0v) is 8.76. The van der Waals surface area contributed by atoms with Crippen molar-refractivity contribution >= 4 is 0 Å². The van der Waals surface area contributed by atoms with Crippen LogP contribution in [0, 0.1) is 0 Å². The lowest BCUT2D eigenvalue weighted by molar-refractivity contribution is -0.0531. The summed E-state index contributed by atoms with van der Waals surface area (Å²) in [7, 11) is 0. The molecule has 0 aromatic rings. The molecule has 0 aliphatic carbocycles. The topological polar surface area (TPSA) is 12.5 Å². The molecule has 0 N–H and O–H groups in total. The highest BCUT2D eigenvalue weighted by molar-refractivity contribution is 4.83. The van der Waals surface area contributed by atoms with Crippen LogP contribution in [-0.4, -0.2) is 29.8 Å². The Hall–Kier alpha value is -0.0800. The largest absolute Gasteiger partial charge is 0.359 e. The van der Waals surface area contributed by atoms with Crippen molar-refractivity contribution in [1.29, 1.82) is 0 Å². The van der Waals surface area contributed by atoms with Crippen LogP contribution in [0.4, 0.5) is 0 Å². The smallest absolute Gasteiger partial charge is 0.116 e. The van der Waals surface area contributed by atoms with E-state index in [1.54, 1.807) is 0 Å². The third-order valence-corrected chi connectivity index (χ3v) is 2.65. The van der Waals surface area contributed by atoms with Gasteiger partial charge in [0.2, 0.25) is 0 Å². The molecule has 0 bridgehead atoms. The summed E-state index contributed by atoms with van der Waals surface area (Å²) < 4.78 is 5.69. The monoisotopic (exact) mass is 171 g/mol. The minimum Gasteiger partial charge on any atom is -0.359 e. The van der Waals surface area contributed by atoms with Crippen LogP contribution < -0.4 is 0 Å². The Morgan fingerprint density at radius 1 is 1.50 bits per heavy atom. The quantitative estimate of drug-likeness (QED) is 0.645. The van der Waals surface area contributed by atoms with Gasteiger partial charge in [-0.15, -0.1) is 0 Å². The van der Waals surface area contributed by atoms with Crippen molar-refractivity contribution in [3.63, 3.8) is 0 Å². The van der Waals surface area contributed by atoms with E-state index in [1.165, 1.54) is 19.4 Å². The van der Waals surface area contributed by atoms with Gasteiger partial charge in [0.05, 0.1) is 6.61 Å². The van der Waals surface area contributed by atoms with Crippen LogP contribution in [0.3, 0.4) is 0 Å². The standard InChI is InChI=1S/C10H21NO/c1-5-6-7-11-9(2)8-12-10(11,3)4/h9H,5-8H2,1-4H3. The maximum Gasteiger partial charge on any atom is 0.116 e. The van der Waals surface area contributed by atoms with Gasteiger partial charge in [0, 0.05) is 12.6 Å². The number of rotatable bonds is 3. The molecule has 1 atom stereocenters. The predicted octanol–water partition coefficient (Wildman–Crippen LogP) is 2.24. The second kappa shape index (κ2) is 3.75. The van der Waals surface area contributed by atoms with E-state index in [-0.39, 0.29) is 5.72 Å². The summed E-state index contributed by atoms with van der Waals surface area (Å²) in [5.41, 5.74) is -0.0331. The molecule has 0 aromatic carbocycles. The van der Waals surface area contributed by atoms with Crippen LogP contribution in [0.5, 0.6) is 0 Å². The lowest BCUT2D eigenvalue weighted by Crippen LogP contribution is -2.43. The van der Waals surface area contributed by atoms with Crippen LogP contribution in [0.2, 0.25) is 0 Å². The fraction of sp³-hybridized carbons (Fsp3) is 1.00. The van der Waals surface area contributed by atoms with Gasteiger partial charge in [-0.3, -0.25) is 4.90 Å². The predicted molar refractivity (Wildman–Crippen MR) is 51.1 cm³/mol. The van der Waals surface area contributed by atoms with E-state index in [4.69, 9.17) is 4.74 Å². The van der Waals surface area contributed by atoms with Crippen molar-refractivity contribution in [2.24, 2.45) is 0 Å². The Balaban J connectivity index is 2.47. The fourth-order valence-corrected chi connectivity index (χ4v) is 1.85. The Morgan fingerprint density at radius 3 is 2.58 bits per heavy atom. The summed E-state index contributed by atoms with van der Waals surface area (Å²) in [6, 6.07) is 0.589. The van der Waals surface area contributed by atoms with Crippen LogP contribution in [0.1, 0.15) is 40.5 Å². The lowest BCUT2D eigenvalue weighted by atomic mass is 10.2. The van der Waals surface area contributed by atoms with E-state index >= 15 is 0 Å². The molecule has 0 spiro atoms. The molecular formula is C10H21NO. The summed E-state index contributed by atoms with van der Waals surface area (Å²) in [4.78, 5) is 2.45. The third kappa shape index (κ3) is 1.99. The number of nitrogens with zero attached hydrogens (tertiary/aromatic N) is 1. The Morgan fingerprint density at radius 2 is 2.17 bits per heavy atom. The van der Waals surface area contributed by atoms with Crippen LogP contribution in [0.25, 0.3) is 0 Å². The van der Waals surface area contributed by atoms with E-state index in [9.17, 15) is 0 Å². The van der Waals surface area contributed by atoms with Gasteiger partial charge in [0.25, 0.3) is 0 Å². The Kier molecular flexibility index (Phi) is 3.13. The molecule has 1 saturated heterocycles. The molecule has 0 saturated carbocycles. The molecular weight excluding hydrogens is 150 g/mol. The highest BCUT2D eigenvalue weighted by Crippen LogP contribution is 2.26. The van der Waals surface area contributed by atoms with Crippen LogP contribution in [-0.2, 0) is 4.74 Å². The third-order valence-electron chi connectivity index (χ3n) is 2.65. The molecule has 1 fully saturated rings. The summed E-state index contributed by atoms with van der Waals surface area (Å²) in [6.07, 6.45) is 2.54. The van der Waals surface area contributed by atoms with Gasteiger partial charge in [-0.1, -0.05) is 13.3 Å². The number of ether oxygens (including phenoxy) is 1. The minimum atomic E-state index is -0.0331. The van der Waals surface area contributed by atoms with Crippen molar-refractivity contribution in [1.82, 2.24) is 4.90 Å². The first kappa shape index (κ1) is 10.0. The van der Waals surface area contributed by atoms with Crippen molar-refractivity contribution < 1.29 is 4.74 Å². The van der Waals surface area contributed by atoms with Gasteiger partial charge in [-0.25, -0.2) is 0 Å². The average Bonchev–Trinajstić information content (AvgIpc) is 2.24. The molecule has 12 heavy (non-hydrogen) atoms. The molecule has 0 aromatic heterocycles. The highest BCUT2D eigenvalue weighted by atomic mass is 16.5. The van der Waals surface area contributed by atoms with Gasteiger partial charge in [0.15, 0.2) is 0 Å². The zero-order valence-electron chi connectivity index (χ0n) is 8.76. The number of hydrogen-bond donors (Lipinski definition) is 0. The second-order valence-electron chi connectivity index (χ2n) is 4.15. The van der Waals surface area contributed by atoms with E-state index in [1.807, 2.05) is 0 Å². The maximum atomic E-state index is 5.69. The fourth-order valence-electron chi connectivity index (χ4n) is 1.85. The normalized spacial score (nSPS) is 29.5. The first-order valence-corrected chi connectivity index (χ1v) is 4.98. The number of hydrogen-bond acceptors (Lipinski definition) is 2. The molecule has 1 heterocycles. The van der Waals surface area contributed by atoms with Gasteiger partial charge in [0.1, 0.15) is 5.72 Å². The summed E-state index contributed by atoms with van der Waals surface area (Å²) in [5, 5.41) is 0. The van der Waals surface area contributed by atoms with Crippen LogP contribution >= 0.6 is 0 Å². The molecule has 2 nitrogen and oxygen atoms in total. The molecule has 1 unspecified atom stereocenters. The highest BCUT2D eigenvalue weighted by Gasteiger charge is 2.37. The second-order valence-corrected chi connectivity index (χ2v) is 4.15. The Labute approximate surface area is 75.9 Å². The van der Waals surface area contributed by atoms with Crippen molar-refractivity contribution in [2.75, 3.05) is 13.2 Å². The molecule has 2 heteroatoms. The minimum absolute atomic E-state index is 0.0331. The van der Waals surface area contributed by atoms with Crippen molar-refractivity contribution in [3.8, 4) is 0 Å². The van der Waals surface area contributed by atoms with Crippen LogP contribution in [0.15, 0.2) is 0 Å². The Bertz CT molecular complexity index is 145. The molecule has 0 amide bonds. The van der Waals surface area contributed by atoms with Gasteiger partial charge in [-0.05, 0) is 27.2 Å². The lowest BCUT2D eigenvalue weighted by Gasteiger charge is -2.32. The van der Waals surface area contributed by atoms with E-state index in [0.29, 0.717) is 6.04 Å². The van der Waals surface area contributed by atoms with E-state index in [2.05, 4.69) is 32.6 Å². The van der Waals surface area contributed by atoms with E-state index in [0.717, 1.165) is 6.61 Å². The molecule has 0 radical (unpaired) electrons. The molecule has 1 aliphatic rings. The zero-order chi connectivity index (χ0) is 9.19. The SMILES string of the molecule is CCCCN1C(C)COC1(C)C. The van der Waals surface area contributed by atoms with Crippen molar-refractivity contribution in [2.45, 2.75) is 52.3 Å². The first-order chi connectivity index (χ1) is 5.58. The van der Waals surface area contributed by atoms with Gasteiger partial charge < -0.3 is 4.74 Å². The molecule has 72 valence electrons. The van der Waals surface area contributed by atoms with Gasteiger partial charge in [-0.2, -0.15) is 0 Å². The maximum absolute atomic E-state index is 5.69. The number of unbranched alkanes of at least 4 members (excludes halogenated alkanes) is 1. The molecule has 1 rings (SSSR count).